The zero-order chi connectivity index (χ0) is 33.0. The highest BCUT2D eigenvalue weighted by molar-refractivity contribution is 6.01. The fourth-order valence-corrected chi connectivity index (χ4v) is 8.52. The van der Waals surface area contributed by atoms with Crippen molar-refractivity contribution in [3.63, 3.8) is 0 Å². The Morgan fingerprint density at radius 1 is 0.720 bits per heavy atom. The highest BCUT2D eigenvalue weighted by Gasteiger charge is 2.44. The molecule has 1 fully saturated rings. The summed E-state index contributed by atoms with van der Waals surface area (Å²) in [4.78, 5) is 5.44. The van der Waals surface area contributed by atoms with Crippen LogP contribution in [0, 0.1) is 17.8 Å². The minimum absolute atomic E-state index is 0.0707. The summed E-state index contributed by atoms with van der Waals surface area (Å²) < 4.78 is 9.15. The fraction of sp³-hybridized carbons (Fsp3) is 0.152. The summed E-state index contributed by atoms with van der Waals surface area (Å²) in [6.07, 6.45) is 24.1. The summed E-state index contributed by atoms with van der Waals surface area (Å²) in [5, 5.41) is 7.50. The van der Waals surface area contributed by atoms with Gasteiger partial charge in [0.15, 0.2) is 0 Å². The van der Waals surface area contributed by atoms with Crippen molar-refractivity contribution in [2.75, 3.05) is 0 Å². The van der Waals surface area contributed by atoms with E-state index in [9.17, 15) is 0 Å². The molecular formula is C46H37N3O. The van der Waals surface area contributed by atoms with E-state index >= 15 is 0 Å². The molecule has 10 rings (SSSR count). The van der Waals surface area contributed by atoms with E-state index in [2.05, 4.69) is 180 Å². The van der Waals surface area contributed by atoms with Gasteiger partial charge in [-0.3, -0.25) is 4.57 Å². The lowest BCUT2D eigenvalue weighted by molar-refractivity contribution is 0.0405. The normalized spacial score (nSPS) is 26.0. The molecule has 4 aromatic carbocycles. The van der Waals surface area contributed by atoms with Crippen LogP contribution in [-0.2, 0) is 4.74 Å². The third-order valence-electron chi connectivity index (χ3n) is 11.0. The monoisotopic (exact) mass is 647 g/mol. The number of hydrogen-bond acceptors (Lipinski definition) is 3. The van der Waals surface area contributed by atoms with E-state index in [1.807, 2.05) is 0 Å². The second kappa shape index (κ2) is 12.0. The molecular weight excluding hydrogens is 611 g/mol. The van der Waals surface area contributed by atoms with Crippen molar-refractivity contribution in [1.29, 1.82) is 0 Å². The third kappa shape index (κ3) is 4.90. The first-order chi connectivity index (χ1) is 24.8. The van der Waals surface area contributed by atoms with Crippen LogP contribution < -0.4 is 15.9 Å². The number of hydrogen-bond donors (Lipinski definition) is 1. The van der Waals surface area contributed by atoms with Crippen LogP contribution in [0.3, 0.4) is 0 Å². The number of nitrogens with zero attached hydrogens (tertiary/aromatic N) is 2. The molecule has 2 aliphatic heterocycles. The molecule has 1 N–H and O–H groups in total. The molecule has 0 spiro atoms. The van der Waals surface area contributed by atoms with Gasteiger partial charge < -0.3 is 10.1 Å². The van der Waals surface area contributed by atoms with Gasteiger partial charge in [-0.25, -0.2) is 4.99 Å². The third-order valence-corrected chi connectivity index (χ3v) is 11.0. The first-order valence-corrected chi connectivity index (χ1v) is 17.8. The maximum Gasteiger partial charge on any atom is 0.208 e. The Labute approximate surface area is 292 Å². The number of fused-ring (bicyclic) bond motifs is 6. The molecule has 3 aliphatic carbocycles. The van der Waals surface area contributed by atoms with Crippen molar-refractivity contribution in [3.8, 4) is 11.1 Å². The molecule has 6 atom stereocenters. The van der Waals surface area contributed by atoms with Gasteiger partial charge in [-0.05, 0) is 58.4 Å². The summed E-state index contributed by atoms with van der Waals surface area (Å²) in [5.41, 5.74) is 8.35. The predicted octanol–water partition coefficient (Wildman–Crippen LogP) is 8.10. The maximum atomic E-state index is 6.78. The lowest BCUT2D eigenvalue weighted by atomic mass is 9.76. The van der Waals surface area contributed by atoms with E-state index in [1.54, 1.807) is 0 Å². The van der Waals surface area contributed by atoms with Gasteiger partial charge in [-0.2, -0.15) is 0 Å². The van der Waals surface area contributed by atoms with Crippen molar-refractivity contribution >= 4 is 34.7 Å². The molecule has 1 aromatic heterocycles. The van der Waals surface area contributed by atoms with Crippen LogP contribution in [0.2, 0.25) is 0 Å². The van der Waals surface area contributed by atoms with E-state index in [1.165, 1.54) is 38.2 Å². The molecule has 0 radical (unpaired) electrons. The summed E-state index contributed by atoms with van der Waals surface area (Å²) in [7, 11) is 0. The molecule has 3 heterocycles. The van der Waals surface area contributed by atoms with Crippen molar-refractivity contribution < 1.29 is 4.74 Å². The topological polar surface area (TPSA) is 38.5 Å². The summed E-state index contributed by atoms with van der Waals surface area (Å²) >= 11 is 0. The molecule has 0 saturated carbocycles. The Balaban J connectivity index is 1.15. The number of benzene rings is 4. The Morgan fingerprint density at radius 3 is 2.30 bits per heavy atom. The van der Waals surface area contributed by atoms with Crippen LogP contribution in [0.5, 0.6) is 0 Å². The first kappa shape index (κ1) is 29.2. The van der Waals surface area contributed by atoms with Gasteiger partial charge in [0.1, 0.15) is 0 Å². The van der Waals surface area contributed by atoms with Crippen molar-refractivity contribution in [2.24, 2.45) is 22.7 Å². The largest absolute Gasteiger partial charge is 0.365 e. The van der Waals surface area contributed by atoms with Crippen LogP contribution in [0.4, 0.5) is 0 Å². The summed E-state index contributed by atoms with van der Waals surface area (Å²) in [6, 6.07) is 38.6. The van der Waals surface area contributed by atoms with Gasteiger partial charge in [0.05, 0.1) is 29.1 Å². The molecule has 4 heteroatoms. The van der Waals surface area contributed by atoms with Crippen molar-refractivity contribution in [3.05, 3.63) is 185 Å². The maximum absolute atomic E-state index is 6.78. The Hall–Kier alpha value is -5.71. The van der Waals surface area contributed by atoms with E-state index < -0.39 is 0 Å². The molecule has 5 aliphatic rings. The molecule has 6 unspecified atom stereocenters. The molecule has 5 aromatic rings. The SMILES string of the molecule is C1=CC2OC3C(=CC=CC3C3C=c4c(c5cc(-c6ccccc6)ccc5n4C4=NC(c5ccccc5)C=C(c5ccccc5)N4)=CC3)C2C=C1. The molecule has 0 bridgehead atoms. The zero-order valence-electron chi connectivity index (χ0n) is 27.6. The van der Waals surface area contributed by atoms with Crippen molar-refractivity contribution in [2.45, 2.75) is 24.7 Å². The number of allylic oxidation sites excluding steroid dienone is 4. The van der Waals surface area contributed by atoms with Crippen LogP contribution >= 0.6 is 0 Å². The molecule has 0 amide bonds. The number of ether oxygens (including phenoxy) is 1. The average molecular weight is 648 g/mol. The van der Waals surface area contributed by atoms with E-state index in [0.717, 1.165) is 29.2 Å². The first-order valence-electron chi connectivity index (χ1n) is 17.8. The number of aliphatic imine (C=N–C) groups is 1. The van der Waals surface area contributed by atoms with Crippen LogP contribution in [0.1, 0.15) is 23.6 Å². The highest BCUT2D eigenvalue weighted by Crippen LogP contribution is 2.44. The quantitative estimate of drug-likeness (QED) is 0.214. The molecule has 1 saturated heterocycles. The van der Waals surface area contributed by atoms with Gasteiger partial charge in [0.25, 0.3) is 0 Å². The molecule has 242 valence electrons. The second-order valence-corrected chi connectivity index (χ2v) is 13.8. The van der Waals surface area contributed by atoms with Gasteiger partial charge in [0, 0.05) is 28.1 Å². The van der Waals surface area contributed by atoms with E-state index in [0.29, 0.717) is 5.92 Å². The molecule has 50 heavy (non-hydrogen) atoms. The minimum atomic E-state index is -0.131. The van der Waals surface area contributed by atoms with E-state index in [-0.39, 0.29) is 30.1 Å². The Bertz CT molecular complexity index is 2430. The highest BCUT2D eigenvalue weighted by atomic mass is 16.5. The summed E-state index contributed by atoms with van der Waals surface area (Å²) in [6.45, 7) is 0. The standard InChI is InChI=1S/C46H37N3O/c1-4-13-30(14-5-1)33-24-26-42-39(27-33)36-25-23-34(35-20-12-21-38-37-19-10-11-22-44(37)50-45(35)38)28-43(36)49(42)46-47-40(31-15-6-2-7-16-31)29-41(48-46)32-17-8-3-9-18-32/h1-22,24-29,34-35,37,40,44-45H,23H2,(H,47,48). The minimum Gasteiger partial charge on any atom is -0.365 e. The fourth-order valence-electron chi connectivity index (χ4n) is 8.52. The second-order valence-electron chi connectivity index (χ2n) is 13.8. The van der Waals surface area contributed by atoms with Gasteiger partial charge in [-0.1, -0.05) is 152 Å². The Kier molecular flexibility index (Phi) is 7.02. The number of aromatic nitrogens is 1. The van der Waals surface area contributed by atoms with Gasteiger partial charge in [-0.15, -0.1) is 0 Å². The lowest BCUT2D eigenvalue weighted by Gasteiger charge is -2.31. The van der Waals surface area contributed by atoms with Gasteiger partial charge >= 0.3 is 0 Å². The lowest BCUT2D eigenvalue weighted by Crippen LogP contribution is -2.43. The van der Waals surface area contributed by atoms with Crippen LogP contribution in [0.25, 0.3) is 39.9 Å². The van der Waals surface area contributed by atoms with Crippen LogP contribution in [-0.4, -0.2) is 22.7 Å². The van der Waals surface area contributed by atoms with Gasteiger partial charge in [0.2, 0.25) is 5.96 Å². The van der Waals surface area contributed by atoms with Crippen LogP contribution in [0.15, 0.2) is 168 Å². The zero-order valence-corrected chi connectivity index (χ0v) is 27.6. The summed E-state index contributed by atoms with van der Waals surface area (Å²) in [5.74, 6) is 1.68. The Morgan fingerprint density at radius 2 is 1.48 bits per heavy atom. The smallest absolute Gasteiger partial charge is 0.208 e. The molecule has 4 nitrogen and oxygen atoms in total. The number of rotatable bonds is 4. The van der Waals surface area contributed by atoms with Crippen molar-refractivity contribution in [1.82, 2.24) is 9.88 Å². The van der Waals surface area contributed by atoms with E-state index in [4.69, 9.17) is 9.73 Å². The predicted molar refractivity (Wildman–Crippen MR) is 204 cm³/mol. The average Bonchev–Trinajstić information content (AvgIpc) is 3.74. The number of nitrogens with one attached hydrogen (secondary N) is 1.